The van der Waals surface area contributed by atoms with E-state index in [0.29, 0.717) is 23.4 Å². The van der Waals surface area contributed by atoms with Gasteiger partial charge in [0, 0.05) is 17.7 Å². The van der Waals surface area contributed by atoms with Gasteiger partial charge in [-0.05, 0) is 50.5 Å². The molecule has 0 unspecified atom stereocenters. The Bertz CT molecular complexity index is 888. The van der Waals surface area contributed by atoms with Gasteiger partial charge in [-0.15, -0.1) is 13.2 Å². The summed E-state index contributed by atoms with van der Waals surface area (Å²) in [5.41, 5.74) is 0.856. The van der Waals surface area contributed by atoms with Gasteiger partial charge in [0.2, 0.25) is 0 Å². The minimum Gasteiger partial charge on any atom is -0.485 e. The van der Waals surface area contributed by atoms with Crippen LogP contribution in [0.4, 0.5) is 13.2 Å². The fourth-order valence-electron chi connectivity index (χ4n) is 4.03. The van der Waals surface area contributed by atoms with Crippen LogP contribution >= 0.6 is 0 Å². The second-order valence-corrected chi connectivity index (χ2v) is 7.73. The van der Waals surface area contributed by atoms with E-state index in [1.54, 1.807) is 19.9 Å². The molecule has 0 radical (unpaired) electrons. The predicted octanol–water partition coefficient (Wildman–Crippen LogP) is 3.65. The molecule has 8 heteroatoms. The maximum Gasteiger partial charge on any atom is 0.573 e. The Morgan fingerprint density at radius 3 is 2.75 bits per heavy atom. The summed E-state index contributed by atoms with van der Waals surface area (Å²) >= 11 is 0. The number of hydrogen-bond donors (Lipinski definition) is 1. The number of nitrogens with zero attached hydrogens (tertiary/aromatic N) is 1. The van der Waals surface area contributed by atoms with Crippen LogP contribution in [0.2, 0.25) is 0 Å². The van der Waals surface area contributed by atoms with Crippen LogP contribution in [-0.2, 0) is 4.79 Å². The third-order valence-corrected chi connectivity index (χ3v) is 5.38. The summed E-state index contributed by atoms with van der Waals surface area (Å²) in [5, 5.41) is 11.0. The smallest absolute Gasteiger partial charge is 0.485 e. The lowest BCUT2D eigenvalue weighted by atomic mass is 9.85. The second-order valence-electron chi connectivity index (χ2n) is 7.73. The Morgan fingerprint density at radius 2 is 2.07 bits per heavy atom. The van der Waals surface area contributed by atoms with E-state index >= 15 is 0 Å². The zero-order valence-electron chi connectivity index (χ0n) is 15.4. The van der Waals surface area contributed by atoms with E-state index in [4.69, 9.17) is 4.74 Å². The minimum absolute atomic E-state index is 0.235. The van der Waals surface area contributed by atoms with Gasteiger partial charge >= 0.3 is 6.36 Å². The second kappa shape index (κ2) is 6.27. The molecule has 0 saturated carbocycles. The van der Waals surface area contributed by atoms with Gasteiger partial charge in [0.05, 0.1) is 6.04 Å². The first-order chi connectivity index (χ1) is 13.1. The van der Waals surface area contributed by atoms with Crippen molar-refractivity contribution in [2.24, 2.45) is 0 Å². The first kappa shape index (κ1) is 18.9. The lowest BCUT2D eigenvalue weighted by Gasteiger charge is -2.45. The van der Waals surface area contributed by atoms with Crippen LogP contribution in [0.25, 0.3) is 0 Å². The van der Waals surface area contributed by atoms with Crippen LogP contribution in [0.5, 0.6) is 11.5 Å². The molecule has 1 aromatic rings. The fraction of sp³-hybridized carbons (Fsp3) is 0.450. The molecule has 1 aromatic carbocycles. The standard InChI is InChI=1S/C20H20F3NO4/c1-19(2)17(25)16(24-10-11-5-3-4-6-13(11)18(24)26)14-9-12(27-20(21,22)23)7-8-15(14)28-19/h4,6-9,16-17,25H,3,5,10H2,1-2H3/t16-,17+/m1/s1. The minimum atomic E-state index is -4.84. The first-order valence-corrected chi connectivity index (χ1v) is 9.03. The van der Waals surface area contributed by atoms with E-state index in [1.165, 1.54) is 17.0 Å². The number of amides is 1. The van der Waals surface area contributed by atoms with Crippen molar-refractivity contribution in [1.82, 2.24) is 4.90 Å². The van der Waals surface area contributed by atoms with Crippen LogP contribution in [0, 0.1) is 0 Å². The molecule has 1 aliphatic carbocycles. The van der Waals surface area contributed by atoms with Crippen molar-refractivity contribution < 1.29 is 32.5 Å². The normalized spacial score (nSPS) is 26.1. The highest BCUT2D eigenvalue weighted by Crippen LogP contribution is 2.47. The number of alkyl halides is 3. The molecule has 2 atom stereocenters. The van der Waals surface area contributed by atoms with Gasteiger partial charge < -0.3 is 19.5 Å². The van der Waals surface area contributed by atoms with Gasteiger partial charge in [-0.3, -0.25) is 4.79 Å². The number of hydrogen-bond acceptors (Lipinski definition) is 4. The van der Waals surface area contributed by atoms with E-state index in [-0.39, 0.29) is 5.91 Å². The number of aliphatic hydroxyl groups is 1. The molecule has 0 spiro atoms. The van der Waals surface area contributed by atoms with E-state index in [2.05, 4.69) is 4.74 Å². The summed E-state index contributed by atoms with van der Waals surface area (Å²) in [6.45, 7) is 3.70. The number of ether oxygens (including phenoxy) is 2. The molecule has 0 saturated heterocycles. The highest BCUT2D eigenvalue weighted by molar-refractivity contribution is 6.00. The Kier molecular flexibility index (Phi) is 4.22. The summed E-state index contributed by atoms with van der Waals surface area (Å²) in [6.07, 6.45) is -0.680. The van der Waals surface area contributed by atoms with E-state index in [0.717, 1.165) is 24.5 Å². The summed E-state index contributed by atoms with van der Waals surface area (Å²) in [4.78, 5) is 14.5. The molecule has 0 aromatic heterocycles. The van der Waals surface area contributed by atoms with Crippen LogP contribution in [0.3, 0.4) is 0 Å². The van der Waals surface area contributed by atoms with Crippen molar-refractivity contribution >= 4 is 5.91 Å². The van der Waals surface area contributed by atoms with Gasteiger partial charge in [-0.25, -0.2) is 0 Å². The molecule has 3 aliphatic rings. The van der Waals surface area contributed by atoms with Crippen molar-refractivity contribution in [1.29, 1.82) is 0 Å². The van der Waals surface area contributed by atoms with Crippen LogP contribution in [0.15, 0.2) is 41.5 Å². The summed E-state index contributed by atoms with van der Waals surface area (Å²) in [5.74, 6) is -0.333. The Morgan fingerprint density at radius 1 is 1.32 bits per heavy atom. The topological polar surface area (TPSA) is 59.0 Å². The highest BCUT2D eigenvalue weighted by atomic mass is 19.4. The molecule has 2 aliphatic heterocycles. The molecule has 1 amide bonds. The largest absolute Gasteiger partial charge is 0.573 e. The third kappa shape index (κ3) is 3.15. The van der Waals surface area contributed by atoms with E-state index < -0.39 is 29.9 Å². The van der Waals surface area contributed by atoms with Crippen molar-refractivity contribution in [3.05, 3.63) is 47.1 Å². The van der Waals surface area contributed by atoms with Gasteiger partial charge in [-0.2, -0.15) is 0 Å². The molecular weight excluding hydrogens is 375 g/mol. The Balaban J connectivity index is 1.75. The quantitative estimate of drug-likeness (QED) is 0.831. The van der Waals surface area contributed by atoms with Gasteiger partial charge in [0.15, 0.2) is 0 Å². The number of allylic oxidation sites excluding steroid dienone is 1. The summed E-state index contributed by atoms with van der Waals surface area (Å²) in [7, 11) is 0. The van der Waals surface area contributed by atoms with Crippen molar-refractivity contribution in [3.63, 3.8) is 0 Å². The first-order valence-electron chi connectivity index (χ1n) is 9.03. The molecule has 1 N–H and O–H groups in total. The third-order valence-electron chi connectivity index (χ3n) is 5.38. The number of benzene rings is 1. The molecular formula is C20H20F3NO4. The lowest BCUT2D eigenvalue weighted by molar-refractivity contribution is -0.274. The van der Waals surface area contributed by atoms with Gasteiger partial charge in [0.25, 0.3) is 5.91 Å². The molecule has 150 valence electrons. The van der Waals surface area contributed by atoms with E-state index in [9.17, 15) is 23.1 Å². The molecule has 0 bridgehead atoms. The van der Waals surface area contributed by atoms with Crippen molar-refractivity contribution in [3.8, 4) is 11.5 Å². The van der Waals surface area contributed by atoms with Crippen LogP contribution in [-0.4, -0.2) is 40.5 Å². The zero-order valence-corrected chi connectivity index (χ0v) is 15.4. The molecule has 4 rings (SSSR count). The SMILES string of the molecule is CC1(C)Oc2ccc(OC(F)(F)F)cc2[C@@H](N2CC3=C(C=CCC3)C2=O)[C@@H]1O. The average Bonchev–Trinajstić information content (AvgIpc) is 2.92. The molecule has 28 heavy (non-hydrogen) atoms. The van der Waals surface area contributed by atoms with Crippen molar-refractivity contribution in [2.45, 2.75) is 50.8 Å². The predicted molar refractivity (Wildman–Crippen MR) is 93.7 cm³/mol. The Hall–Kier alpha value is -2.48. The number of halogens is 3. The number of aliphatic hydroxyl groups excluding tert-OH is 1. The van der Waals surface area contributed by atoms with Gasteiger partial charge in [0.1, 0.15) is 23.2 Å². The average molecular weight is 395 g/mol. The lowest BCUT2D eigenvalue weighted by Crippen LogP contribution is -2.54. The van der Waals surface area contributed by atoms with Crippen molar-refractivity contribution in [2.75, 3.05) is 6.54 Å². The number of rotatable bonds is 2. The maximum atomic E-state index is 13.0. The fourth-order valence-corrected chi connectivity index (χ4v) is 4.03. The zero-order chi connectivity index (χ0) is 20.3. The number of carbonyl (C=O) groups excluding carboxylic acids is 1. The molecule has 5 nitrogen and oxygen atoms in total. The Labute approximate surface area is 160 Å². The van der Waals surface area contributed by atoms with Crippen LogP contribution in [0.1, 0.15) is 38.3 Å². The summed E-state index contributed by atoms with van der Waals surface area (Å²) < 4.78 is 47.8. The number of fused-ring (bicyclic) bond motifs is 1. The maximum absolute atomic E-state index is 13.0. The number of carbonyl (C=O) groups is 1. The summed E-state index contributed by atoms with van der Waals surface area (Å²) in [6, 6.07) is 2.88. The van der Waals surface area contributed by atoms with E-state index in [1.807, 2.05) is 6.08 Å². The molecule has 0 fully saturated rings. The monoisotopic (exact) mass is 395 g/mol. The molecule has 2 heterocycles. The van der Waals surface area contributed by atoms with Crippen LogP contribution < -0.4 is 9.47 Å². The highest BCUT2D eigenvalue weighted by Gasteiger charge is 2.49. The van der Waals surface area contributed by atoms with Gasteiger partial charge in [-0.1, -0.05) is 12.2 Å².